The zero-order chi connectivity index (χ0) is 18.9. The van der Waals surface area contributed by atoms with Gasteiger partial charge in [0.05, 0.1) is 24.2 Å². The van der Waals surface area contributed by atoms with E-state index in [9.17, 15) is 0 Å². The summed E-state index contributed by atoms with van der Waals surface area (Å²) in [5, 5.41) is 0. The molecule has 144 valence electrons. The molecular weight excluding hydrogens is 354 g/mol. The van der Waals surface area contributed by atoms with Gasteiger partial charge >= 0.3 is 0 Å². The number of benzene rings is 2. The summed E-state index contributed by atoms with van der Waals surface area (Å²) >= 11 is 0. The summed E-state index contributed by atoms with van der Waals surface area (Å²) in [4.78, 5) is 6.69. The normalized spacial score (nSPS) is 21.8. The van der Waals surface area contributed by atoms with Crippen molar-refractivity contribution in [3.63, 3.8) is 0 Å². The molecule has 28 heavy (non-hydrogen) atoms. The molecule has 0 unspecified atom stereocenters. The molecule has 1 saturated heterocycles. The van der Waals surface area contributed by atoms with E-state index in [2.05, 4.69) is 44.8 Å². The Morgan fingerprint density at radius 2 is 1.75 bits per heavy atom. The van der Waals surface area contributed by atoms with Crippen LogP contribution < -0.4 is 9.47 Å². The van der Waals surface area contributed by atoms with E-state index >= 15 is 0 Å². The van der Waals surface area contributed by atoms with Crippen LogP contribution in [0.4, 0.5) is 0 Å². The minimum atomic E-state index is -0.0401. The van der Waals surface area contributed by atoms with Crippen LogP contribution in [0.2, 0.25) is 0 Å². The van der Waals surface area contributed by atoms with Gasteiger partial charge in [0.25, 0.3) is 0 Å². The Bertz CT molecular complexity index is 957. The zero-order valence-corrected chi connectivity index (χ0v) is 15.8. The standard InChI is InChI=1S/C22H23N3O3/c1-24-14-23-10-18(24)11-25-12-21(16-5-3-2-4-6-16)28-22(13-25)17-7-8-19-20(9-17)27-15-26-19/h2-10,14,21-22H,11-13,15H2,1H3/t21-,22+/m0/s1. The van der Waals surface area contributed by atoms with Crippen LogP contribution in [-0.2, 0) is 18.3 Å². The molecule has 5 rings (SSSR count). The Labute approximate surface area is 164 Å². The number of imidazole rings is 1. The van der Waals surface area contributed by atoms with Crippen LogP contribution in [0.3, 0.4) is 0 Å². The largest absolute Gasteiger partial charge is 0.454 e. The van der Waals surface area contributed by atoms with Gasteiger partial charge in [-0.1, -0.05) is 36.4 Å². The quantitative estimate of drug-likeness (QED) is 0.697. The van der Waals surface area contributed by atoms with Crippen molar-refractivity contribution < 1.29 is 14.2 Å². The maximum absolute atomic E-state index is 6.54. The first-order chi connectivity index (χ1) is 13.8. The first kappa shape index (κ1) is 17.3. The third kappa shape index (κ3) is 3.37. The summed E-state index contributed by atoms with van der Waals surface area (Å²) in [5.74, 6) is 1.59. The third-order valence-corrected chi connectivity index (χ3v) is 5.42. The summed E-state index contributed by atoms with van der Waals surface area (Å²) in [5.41, 5.74) is 3.50. The predicted octanol–water partition coefficient (Wildman–Crippen LogP) is 3.46. The van der Waals surface area contributed by atoms with Gasteiger partial charge in [-0.05, 0) is 23.3 Å². The van der Waals surface area contributed by atoms with Gasteiger partial charge < -0.3 is 18.8 Å². The summed E-state index contributed by atoms with van der Waals surface area (Å²) < 4.78 is 19.6. The van der Waals surface area contributed by atoms with Crippen molar-refractivity contribution in [3.05, 3.63) is 77.9 Å². The van der Waals surface area contributed by atoms with Gasteiger partial charge in [0.15, 0.2) is 11.5 Å². The highest BCUT2D eigenvalue weighted by Gasteiger charge is 2.31. The van der Waals surface area contributed by atoms with Gasteiger partial charge in [0.2, 0.25) is 6.79 Å². The molecule has 0 spiro atoms. The minimum Gasteiger partial charge on any atom is -0.454 e. The van der Waals surface area contributed by atoms with Gasteiger partial charge in [-0.3, -0.25) is 4.90 Å². The number of hydrogen-bond acceptors (Lipinski definition) is 5. The number of hydrogen-bond donors (Lipinski definition) is 0. The van der Waals surface area contributed by atoms with Crippen molar-refractivity contribution in [2.75, 3.05) is 19.9 Å². The predicted molar refractivity (Wildman–Crippen MR) is 104 cm³/mol. The van der Waals surface area contributed by atoms with Gasteiger partial charge in [-0.15, -0.1) is 0 Å². The van der Waals surface area contributed by atoms with Crippen LogP contribution in [-0.4, -0.2) is 34.3 Å². The van der Waals surface area contributed by atoms with Crippen molar-refractivity contribution in [2.24, 2.45) is 7.05 Å². The summed E-state index contributed by atoms with van der Waals surface area (Å²) in [6, 6.07) is 16.5. The van der Waals surface area contributed by atoms with E-state index in [1.54, 1.807) is 0 Å². The fourth-order valence-electron chi connectivity index (χ4n) is 3.87. The van der Waals surface area contributed by atoms with Crippen LogP contribution in [0.15, 0.2) is 61.1 Å². The molecule has 2 aliphatic rings. The molecule has 2 aliphatic heterocycles. The number of morpholine rings is 1. The van der Waals surface area contributed by atoms with Crippen molar-refractivity contribution in [1.29, 1.82) is 0 Å². The van der Waals surface area contributed by atoms with Crippen molar-refractivity contribution in [1.82, 2.24) is 14.5 Å². The number of rotatable bonds is 4. The molecule has 1 aromatic heterocycles. The Morgan fingerprint density at radius 1 is 0.964 bits per heavy atom. The average Bonchev–Trinajstić information content (AvgIpc) is 3.37. The molecule has 2 atom stereocenters. The fraction of sp³-hybridized carbons (Fsp3) is 0.318. The summed E-state index contributed by atoms with van der Waals surface area (Å²) in [7, 11) is 2.03. The summed E-state index contributed by atoms with van der Waals surface area (Å²) in [6.45, 7) is 2.78. The Morgan fingerprint density at radius 3 is 2.54 bits per heavy atom. The minimum absolute atomic E-state index is 0.0126. The van der Waals surface area contributed by atoms with Crippen LogP contribution in [0.1, 0.15) is 29.0 Å². The third-order valence-electron chi connectivity index (χ3n) is 5.42. The number of aryl methyl sites for hydroxylation is 1. The molecule has 0 N–H and O–H groups in total. The smallest absolute Gasteiger partial charge is 0.231 e. The molecule has 0 bridgehead atoms. The number of fused-ring (bicyclic) bond motifs is 1. The molecule has 0 amide bonds. The van der Waals surface area contributed by atoms with E-state index in [0.717, 1.165) is 36.7 Å². The van der Waals surface area contributed by atoms with Gasteiger partial charge in [-0.2, -0.15) is 0 Å². The molecule has 0 saturated carbocycles. The Kier molecular flexibility index (Phi) is 4.50. The number of ether oxygens (including phenoxy) is 3. The lowest BCUT2D eigenvalue weighted by atomic mass is 10.0. The number of nitrogens with zero attached hydrogens (tertiary/aromatic N) is 3. The van der Waals surface area contributed by atoms with Gasteiger partial charge in [0.1, 0.15) is 0 Å². The maximum atomic E-state index is 6.54. The number of aromatic nitrogens is 2. The van der Waals surface area contributed by atoms with Crippen LogP contribution in [0, 0.1) is 0 Å². The topological polar surface area (TPSA) is 48.8 Å². The molecule has 2 aromatic carbocycles. The molecule has 6 heteroatoms. The zero-order valence-electron chi connectivity index (χ0n) is 15.8. The molecule has 3 heterocycles. The first-order valence-electron chi connectivity index (χ1n) is 9.54. The highest BCUT2D eigenvalue weighted by Crippen LogP contribution is 2.38. The van der Waals surface area contributed by atoms with E-state index in [1.807, 2.05) is 37.8 Å². The Balaban J connectivity index is 1.43. The second kappa shape index (κ2) is 7.30. The van der Waals surface area contributed by atoms with E-state index in [4.69, 9.17) is 14.2 Å². The van der Waals surface area contributed by atoms with Crippen LogP contribution >= 0.6 is 0 Å². The lowest BCUT2D eigenvalue weighted by Gasteiger charge is -2.38. The molecule has 6 nitrogen and oxygen atoms in total. The van der Waals surface area contributed by atoms with E-state index in [0.29, 0.717) is 0 Å². The average molecular weight is 377 g/mol. The van der Waals surface area contributed by atoms with Gasteiger partial charge in [0, 0.05) is 32.9 Å². The molecule has 3 aromatic rings. The van der Waals surface area contributed by atoms with E-state index in [1.165, 1.54) is 11.3 Å². The Hall–Kier alpha value is -2.83. The summed E-state index contributed by atoms with van der Waals surface area (Å²) in [6.07, 6.45) is 3.75. The van der Waals surface area contributed by atoms with Crippen molar-refractivity contribution >= 4 is 0 Å². The van der Waals surface area contributed by atoms with E-state index < -0.39 is 0 Å². The highest BCUT2D eigenvalue weighted by molar-refractivity contribution is 5.45. The van der Waals surface area contributed by atoms with Crippen molar-refractivity contribution in [2.45, 2.75) is 18.8 Å². The molecule has 1 fully saturated rings. The monoisotopic (exact) mass is 377 g/mol. The van der Waals surface area contributed by atoms with Gasteiger partial charge in [-0.25, -0.2) is 4.98 Å². The second-order valence-electron chi connectivity index (χ2n) is 7.33. The fourth-order valence-corrected chi connectivity index (χ4v) is 3.87. The second-order valence-corrected chi connectivity index (χ2v) is 7.33. The maximum Gasteiger partial charge on any atom is 0.231 e. The molecular formula is C22H23N3O3. The van der Waals surface area contributed by atoms with Crippen LogP contribution in [0.5, 0.6) is 11.5 Å². The van der Waals surface area contributed by atoms with E-state index in [-0.39, 0.29) is 19.0 Å². The lowest BCUT2D eigenvalue weighted by Crippen LogP contribution is -2.40. The molecule has 0 radical (unpaired) electrons. The van der Waals surface area contributed by atoms with Crippen LogP contribution in [0.25, 0.3) is 0 Å². The lowest BCUT2D eigenvalue weighted by molar-refractivity contribution is -0.0926. The first-order valence-corrected chi connectivity index (χ1v) is 9.54. The SMILES string of the molecule is Cn1cncc1CN1C[C@@H](c2ccccc2)O[C@@H](c2ccc3c(c2)OCO3)C1. The highest BCUT2D eigenvalue weighted by atomic mass is 16.7. The molecule has 0 aliphatic carbocycles. The van der Waals surface area contributed by atoms with Crippen molar-refractivity contribution in [3.8, 4) is 11.5 Å².